The molecule has 8 heteroatoms. The number of hydrogen-bond donors (Lipinski definition) is 1. The lowest BCUT2D eigenvalue weighted by Gasteiger charge is -2.35. The number of benzene rings is 1. The SMILES string of the molecule is CCCCNC(=S)N1CCN(S(=O)(=O)c2ccc(OCC)cc2)CC1. The summed E-state index contributed by atoms with van der Waals surface area (Å²) in [5.41, 5.74) is 0. The number of nitrogens with zero attached hydrogens (tertiary/aromatic N) is 2. The second-order valence-corrected chi connectivity index (χ2v) is 8.21. The number of rotatable bonds is 7. The zero-order valence-corrected chi connectivity index (χ0v) is 16.5. The van der Waals surface area contributed by atoms with Gasteiger partial charge in [0.15, 0.2) is 5.11 Å². The molecule has 140 valence electrons. The van der Waals surface area contributed by atoms with Crippen LogP contribution in [0.5, 0.6) is 5.75 Å². The fourth-order valence-corrected chi connectivity index (χ4v) is 4.35. The molecule has 0 unspecified atom stereocenters. The molecule has 1 fully saturated rings. The minimum Gasteiger partial charge on any atom is -0.494 e. The van der Waals surface area contributed by atoms with Gasteiger partial charge in [0.2, 0.25) is 10.0 Å². The van der Waals surface area contributed by atoms with Crippen LogP contribution in [0, 0.1) is 0 Å². The average molecular weight is 386 g/mol. The minimum absolute atomic E-state index is 0.299. The Kier molecular flexibility index (Phi) is 7.46. The van der Waals surface area contributed by atoms with Crippen LogP contribution >= 0.6 is 12.2 Å². The van der Waals surface area contributed by atoms with E-state index in [-0.39, 0.29) is 0 Å². The van der Waals surface area contributed by atoms with Crippen LogP contribution < -0.4 is 10.1 Å². The van der Waals surface area contributed by atoms with Gasteiger partial charge in [-0.05, 0) is 49.8 Å². The summed E-state index contributed by atoms with van der Waals surface area (Å²) in [4.78, 5) is 2.34. The van der Waals surface area contributed by atoms with E-state index < -0.39 is 10.0 Å². The maximum absolute atomic E-state index is 12.8. The topological polar surface area (TPSA) is 61.9 Å². The summed E-state index contributed by atoms with van der Waals surface area (Å²) in [5, 5.41) is 3.95. The van der Waals surface area contributed by atoms with Gasteiger partial charge < -0.3 is 15.0 Å². The smallest absolute Gasteiger partial charge is 0.243 e. The molecule has 0 aliphatic carbocycles. The van der Waals surface area contributed by atoms with Crippen LogP contribution in [0.4, 0.5) is 0 Å². The van der Waals surface area contributed by atoms with E-state index in [0.29, 0.717) is 48.5 Å². The van der Waals surface area contributed by atoms with Gasteiger partial charge in [0.25, 0.3) is 0 Å². The Morgan fingerprint density at radius 2 is 1.80 bits per heavy atom. The minimum atomic E-state index is -3.48. The molecule has 2 rings (SSSR count). The third kappa shape index (κ3) is 5.29. The molecular formula is C17H27N3O3S2. The molecule has 0 bridgehead atoms. The van der Waals surface area contributed by atoms with Gasteiger partial charge in [-0.2, -0.15) is 4.31 Å². The predicted octanol–water partition coefficient (Wildman–Crippen LogP) is 2.07. The van der Waals surface area contributed by atoms with Gasteiger partial charge in [0, 0.05) is 32.7 Å². The summed E-state index contributed by atoms with van der Waals surface area (Å²) in [6.07, 6.45) is 2.19. The molecule has 0 saturated carbocycles. The molecule has 25 heavy (non-hydrogen) atoms. The van der Waals surface area contributed by atoms with E-state index in [9.17, 15) is 8.42 Å². The van der Waals surface area contributed by atoms with Crippen LogP contribution in [-0.4, -0.2) is 62.1 Å². The highest BCUT2D eigenvalue weighted by Gasteiger charge is 2.29. The van der Waals surface area contributed by atoms with Gasteiger partial charge in [0.05, 0.1) is 11.5 Å². The monoisotopic (exact) mass is 385 g/mol. The first-order valence-electron chi connectivity index (χ1n) is 8.74. The zero-order valence-electron chi connectivity index (χ0n) is 14.9. The Morgan fingerprint density at radius 3 is 2.36 bits per heavy atom. The average Bonchev–Trinajstić information content (AvgIpc) is 2.63. The van der Waals surface area contributed by atoms with Crippen LogP contribution in [0.1, 0.15) is 26.7 Å². The van der Waals surface area contributed by atoms with E-state index >= 15 is 0 Å². The maximum atomic E-state index is 12.8. The third-order valence-electron chi connectivity index (χ3n) is 4.10. The van der Waals surface area contributed by atoms with Gasteiger partial charge >= 0.3 is 0 Å². The van der Waals surface area contributed by atoms with Crippen LogP contribution in [0.3, 0.4) is 0 Å². The third-order valence-corrected chi connectivity index (χ3v) is 6.42. The lowest BCUT2D eigenvalue weighted by atomic mass is 10.3. The van der Waals surface area contributed by atoms with Crippen molar-refractivity contribution in [3.05, 3.63) is 24.3 Å². The number of unbranched alkanes of at least 4 members (excludes halogenated alkanes) is 1. The van der Waals surface area contributed by atoms with E-state index in [4.69, 9.17) is 17.0 Å². The van der Waals surface area contributed by atoms with Gasteiger partial charge in [-0.3, -0.25) is 0 Å². The van der Waals surface area contributed by atoms with Crippen LogP contribution in [-0.2, 0) is 10.0 Å². The molecular weight excluding hydrogens is 358 g/mol. The highest BCUT2D eigenvalue weighted by atomic mass is 32.2. The number of sulfonamides is 1. The van der Waals surface area contributed by atoms with E-state index in [2.05, 4.69) is 12.2 Å². The van der Waals surface area contributed by atoms with E-state index in [1.165, 1.54) is 4.31 Å². The molecule has 0 atom stereocenters. The molecule has 1 heterocycles. The van der Waals surface area contributed by atoms with Gasteiger partial charge in [-0.15, -0.1) is 0 Å². The molecule has 6 nitrogen and oxygen atoms in total. The first kappa shape index (κ1) is 19.9. The van der Waals surface area contributed by atoms with Crippen molar-refractivity contribution < 1.29 is 13.2 Å². The Labute approximate surface area is 156 Å². The van der Waals surface area contributed by atoms with Gasteiger partial charge in [-0.1, -0.05) is 13.3 Å². The van der Waals surface area contributed by atoms with Crippen molar-refractivity contribution in [3.8, 4) is 5.75 Å². The van der Waals surface area contributed by atoms with E-state index in [1.807, 2.05) is 11.8 Å². The van der Waals surface area contributed by atoms with Crippen molar-refractivity contribution in [3.63, 3.8) is 0 Å². The van der Waals surface area contributed by atoms with E-state index in [0.717, 1.165) is 19.4 Å². The molecule has 1 aromatic rings. The first-order chi connectivity index (χ1) is 12.0. The zero-order chi connectivity index (χ0) is 18.3. The summed E-state index contributed by atoms with van der Waals surface area (Å²) in [6, 6.07) is 6.59. The Morgan fingerprint density at radius 1 is 1.16 bits per heavy atom. The van der Waals surface area contributed by atoms with Crippen molar-refractivity contribution in [2.75, 3.05) is 39.3 Å². The highest BCUT2D eigenvalue weighted by Crippen LogP contribution is 2.21. The van der Waals surface area contributed by atoms with Gasteiger partial charge in [-0.25, -0.2) is 8.42 Å². The lowest BCUT2D eigenvalue weighted by Crippen LogP contribution is -2.53. The number of nitrogens with one attached hydrogen (secondary N) is 1. The molecule has 1 N–H and O–H groups in total. The quantitative estimate of drug-likeness (QED) is 0.573. The molecule has 1 aliphatic rings. The first-order valence-corrected chi connectivity index (χ1v) is 10.6. The van der Waals surface area contributed by atoms with Crippen molar-refractivity contribution in [1.29, 1.82) is 0 Å². The molecule has 0 aromatic heterocycles. The van der Waals surface area contributed by atoms with Crippen LogP contribution in [0.2, 0.25) is 0 Å². The highest BCUT2D eigenvalue weighted by molar-refractivity contribution is 7.89. The molecule has 1 aliphatic heterocycles. The standard InChI is InChI=1S/C17H27N3O3S2/c1-3-5-10-18-17(24)19-11-13-20(14-12-19)25(21,22)16-8-6-15(7-9-16)23-4-2/h6-9H,3-5,10-14H2,1-2H3,(H,18,24). The normalized spacial score (nSPS) is 15.8. The van der Waals surface area contributed by atoms with Crippen molar-refractivity contribution in [1.82, 2.24) is 14.5 Å². The second kappa shape index (κ2) is 9.35. The number of hydrogen-bond acceptors (Lipinski definition) is 4. The van der Waals surface area contributed by atoms with Gasteiger partial charge in [0.1, 0.15) is 5.75 Å². The number of thiocarbonyl (C=S) groups is 1. The largest absolute Gasteiger partial charge is 0.494 e. The predicted molar refractivity (Wildman–Crippen MR) is 103 cm³/mol. The summed E-state index contributed by atoms with van der Waals surface area (Å²) in [5.74, 6) is 0.676. The maximum Gasteiger partial charge on any atom is 0.243 e. The second-order valence-electron chi connectivity index (χ2n) is 5.88. The fraction of sp³-hybridized carbons (Fsp3) is 0.588. The Hall–Kier alpha value is -1.38. The number of ether oxygens (including phenoxy) is 1. The Balaban J connectivity index is 1.93. The van der Waals surface area contributed by atoms with Crippen molar-refractivity contribution in [2.24, 2.45) is 0 Å². The van der Waals surface area contributed by atoms with Crippen molar-refractivity contribution in [2.45, 2.75) is 31.6 Å². The lowest BCUT2D eigenvalue weighted by molar-refractivity contribution is 0.264. The summed E-state index contributed by atoms with van der Waals surface area (Å²) in [6.45, 7) is 7.53. The fourth-order valence-electron chi connectivity index (χ4n) is 2.64. The molecule has 0 spiro atoms. The summed E-state index contributed by atoms with van der Waals surface area (Å²) >= 11 is 5.38. The summed E-state index contributed by atoms with van der Waals surface area (Å²) < 4.78 is 32.4. The van der Waals surface area contributed by atoms with Crippen LogP contribution in [0.15, 0.2) is 29.2 Å². The van der Waals surface area contributed by atoms with E-state index in [1.54, 1.807) is 24.3 Å². The number of piperazine rings is 1. The molecule has 0 radical (unpaired) electrons. The Bertz CT molecular complexity index is 654. The molecule has 1 aromatic carbocycles. The van der Waals surface area contributed by atoms with Crippen molar-refractivity contribution >= 4 is 27.4 Å². The van der Waals surface area contributed by atoms with Crippen LogP contribution in [0.25, 0.3) is 0 Å². The molecule has 0 amide bonds. The summed E-state index contributed by atoms with van der Waals surface area (Å²) in [7, 11) is -3.48. The molecule has 1 saturated heterocycles.